The molecule has 0 radical (unpaired) electrons. The lowest BCUT2D eigenvalue weighted by molar-refractivity contribution is 0.327. The summed E-state index contributed by atoms with van der Waals surface area (Å²) in [6, 6.07) is 3.74. The first-order chi connectivity index (χ1) is 9.81. The zero-order valence-electron chi connectivity index (χ0n) is 12.9. The topological polar surface area (TPSA) is 29.9 Å². The van der Waals surface area contributed by atoms with Crippen LogP contribution in [-0.4, -0.2) is 22.4 Å². The fourth-order valence-corrected chi connectivity index (χ4v) is 3.21. The first kappa shape index (κ1) is 14.1. The number of aromatic nitrogens is 2. The molecule has 0 bridgehead atoms. The SMILES string of the molecule is CC(CCc1ccn(C2CCCCC2)n1)CNC1CC1. The summed E-state index contributed by atoms with van der Waals surface area (Å²) >= 11 is 0. The number of rotatable bonds is 7. The van der Waals surface area contributed by atoms with Crippen molar-refractivity contribution in [1.82, 2.24) is 15.1 Å². The average molecular weight is 275 g/mol. The zero-order chi connectivity index (χ0) is 13.8. The third kappa shape index (κ3) is 4.08. The minimum atomic E-state index is 0.673. The van der Waals surface area contributed by atoms with Crippen LogP contribution in [0.1, 0.15) is 70.0 Å². The zero-order valence-corrected chi connectivity index (χ0v) is 12.9. The molecule has 1 aromatic heterocycles. The minimum absolute atomic E-state index is 0.673. The summed E-state index contributed by atoms with van der Waals surface area (Å²) in [5.41, 5.74) is 1.29. The van der Waals surface area contributed by atoms with Crippen molar-refractivity contribution >= 4 is 0 Å². The molecular weight excluding hydrogens is 246 g/mol. The minimum Gasteiger partial charge on any atom is -0.314 e. The maximum Gasteiger partial charge on any atom is 0.0624 e. The van der Waals surface area contributed by atoms with Crippen LogP contribution in [0.4, 0.5) is 0 Å². The first-order valence-electron chi connectivity index (χ1n) is 8.58. The molecule has 0 aromatic carbocycles. The van der Waals surface area contributed by atoms with Gasteiger partial charge in [-0.1, -0.05) is 26.2 Å². The van der Waals surface area contributed by atoms with Crippen molar-refractivity contribution in [2.75, 3.05) is 6.54 Å². The molecule has 1 N–H and O–H groups in total. The second-order valence-corrected chi connectivity index (χ2v) is 6.91. The summed E-state index contributed by atoms with van der Waals surface area (Å²) in [4.78, 5) is 0. The van der Waals surface area contributed by atoms with Crippen LogP contribution < -0.4 is 5.32 Å². The molecule has 0 amide bonds. The molecule has 0 saturated heterocycles. The molecule has 1 unspecified atom stereocenters. The first-order valence-corrected chi connectivity index (χ1v) is 8.58. The highest BCUT2D eigenvalue weighted by molar-refractivity contribution is 5.00. The van der Waals surface area contributed by atoms with Gasteiger partial charge in [-0.3, -0.25) is 4.68 Å². The largest absolute Gasteiger partial charge is 0.314 e. The van der Waals surface area contributed by atoms with Crippen molar-refractivity contribution in [2.45, 2.75) is 76.8 Å². The van der Waals surface area contributed by atoms with Crippen LogP contribution >= 0.6 is 0 Å². The maximum atomic E-state index is 4.81. The van der Waals surface area contributed by atoms with Gasteiger partial charge in [0.25, 0.3) is 0 Å². The number of hydrogen-bond acceptors (Lipinski definition) is 2. The highest BCUT2D eigenvalue weighted by Gasteiger charge is 2.21. The van der Waals surface area contributed by atoms with E-state index in [0.29, 0.717) is 6.04 Å². The standard InChI is InChI=1S/C17H29N3/c1-14(13-18-15-9-10-15)7-8-16-11-12-20(19-16)17-5-3-2-4-6-17/h11-12,14-15,17-18H,2-10,13H2,1H3. The molecule has 20 heavy (non-hydrogen) atoms. The Labute approximate surface area is 123 Å². The summed E-state index contributed by atoms with van der Waals surface area (Å²) in [5, 5.41) is 8.43. The molecule has 2 saturated carbocycles. The van der Waals surface area contributed by atoms with E-state index in [9.17, 15) is 0 Å². The summed E-state index contributed by atoms with van der Waals surface area (Å²) in [7, 11) is 0. The van der Waals surface area contributed by atoms with Crippen molar-refractivity contribution in [3.63, 3.8) is 0 Å². The monoisotopic (exact) mass is 275 g/mol. The molecule has 1 atom stereocenters. The molecule has 0 aliphatic heterocycles. The number of nitrogens with one attached hydrogen (secondary N) is 1. The van der Waals surface area contributed by atoms with Gasteiger partial charge in [0.05, 0.1) is 11.7 Å². The third-order valence-corrected chi connectivity index (χ3v) is 4.84. The summed E-state index contributed by atoms with van der Waals surface area (Å²) in [6.07, 6.45) is 14.2. The Kier molecular flexibility index (Phi) is 4.77. The molecule has 1 heterocycles. The molecule has 3 nitrogen and oxygen atoms in total. The van der Waals surface area contributed by atoms with Crippen LogP contribution in [0.2, 0.25) is 0 Å². The Morgan fingerprint density at radius 1 is 1.25 bits per heavy atom. The fraction of sp³-hybridized carbons (Fsp3) is 0.824. The molecule has 2 aliphatic rings. The number of nitrogens with zero attached hydrogens (tertiary/aromatic N) is 2. The fourth-order valence-electron chi connectivity index (χ4n) is 3.21. The van der Waals surface area contributed by atoms with Crippen molar-refractivity contribution in [3.05, 3.63) is 18.0 Å². The Morgan fingerprint density at radius 2 is 2.05 bits per heavy atom. The molecule has 2 fully saturated rings. The lowest BCUT2D eigenvalue weighted by Gasteiger charge is -2.21. The molecule has 1 aromatic rings. The summed E-state index contributed by atoms with van der Waals surface area (Å²) in [6.45, 7) is 3.53. The van der Waals surface area contributed by atoms with Crippen LogP contribution in [0.3, 0.4) is 0 Å². The van der Waals surface area contributed by atoms with Gasteiger partial charge >= 0.3 is 0 Å². The Balaban J connectivity index is 1.41. The maximum absolute atomic E-state index is 4.81. The van der Waals surface area contributed by atoms with Crippen molar-refractivity contribution in [2.24, 2.45) is 5.92 Å². The van der Waals surface area contributed by atoms with Gasteiger partial charge in [-0.2, -0.15) is 5.10 Å². The Hall–Kier alpha value is -0.830. The van der Waals surface area contributed by atoms with E-state index < -0.39 is 0 Å². The smallest absolute Gasteiger partial charge is 0.0624 e. The molecule has 112 valence electrons. The summed E-state index contributed by atoms with van der Waals surface area (Å²) in [5.74, 6) is 0.760. The van der Waals surface area contributed by atoms with E-state index in [0.717, 1.165) is 18.4 Å². The van der Waals surface area contributed by atoms with Gasteiger partial charge < -0.3 is 5.32 Å². The quantitative estimate of drug-likeness (QED) is 0.822. The van der Waals surface area contributed by atoms with Crippen LogP contribution in [0.25, 0.3) is 0 Å². The van der Waals surface area contributed by atoms with Crippen molar-refractivity contribution < 1.29 is 0 Å². The van der Waals surface area contributed by atoms with E-state index in [-0.39, 0.29) is 0 Å². The van der Waals surface area contributed by atoms with E-state index in [4.69, 9.17) is 5.10 Å². The Morgan fingerprint density at radius 3 is 2.80 bits per heavy atom. The van der Waals surface area contributed by atoms with Gasteiger partial charge in [-0.05, 0) is 57.1 Å². The van der Waals surface area contributed by atoms with Gasteiger partial charge in [0.1, 0.15) is 0 Å². The van der Waals surface area contributed by atoms with Crippen LogP contribution in [0.5, 0.6) is 0 Å². The molecule has 3 rings (SSSR count). The number of aryl methyl sites for hydroxylation is 1. The normalized spacial score (nSPS) is 22.1. The van der Waals surface area contributed by atoms with Crippen molar-refractivity contribution in [3.8, 4) is 0 Å². The van der Waals surface area contributed by atoms with Crippen LogP contribution in [0, 0.1) is 5.92 Å². The second-order valence-electron chi connectivity index (χ2n) is 6.91. The van der Waals surface area contributed by atoms with Gasteiger partial charge in [0.2, 0.25) is 0 Å². The van der Waals surface area contributed by atoms with Gasteiger partial charge in [0, 0.05) is 12.2 Å². The van der Waals surface area contributed by atoms with Crippen LogP contribution in [0.15, 0.2) is 12.3 Å². The van der Waals surface area contributed by atoms with Crippen LogP contribution in [-0.2, 0) is 6.42 Å². The average Bonchev–Trinajstić information content (AvgIpc) is 3.20. The van der Waals surface area contributed by atoms with Crippen molar-refractivity contribution in [1.29, 1.82) is 0 Å². The second kappa shape index (κ2) is 6.75. The molecular formula is C17H29N3. The Bertz CT molecular complexity index is 402. The predicted octanol–water partition coefficient (Wildman–Crippen LogP) is 3.71. The molecule has 3 heteroatoms. The van der Waals surface area contributed by atoms with Gasteiger partial charge in [-0.25, -0.2) is 0 Å². The van der Waals surface area contributed by atoms with E-state index in [1.54, 1.807) is 0 Å². The van der Waals surface area contributed by atoms with E-state index in [1.165, 1.54) is 63.6 Å². The molecule has 2 aliphatic carbocycles. The lowest BCUT2D eigenvalue weighted by Crippen LogP contribution is -2.23. The predicted molar refractivity (Wildman–Crippen MR) is 82.9 cm³/mol. The summed E-state index contributed by atoms with van der Waals surface area (Å²) < 4.78 is 2.24. The van der Waals surface area contributed by atoms with Gasteiger partial charge in [-0.15, -0.1) is 0 Å². The molecule has 0 spiro atoms. The lowest BCUT2D eigenvalue weighted by atomic mass is 9.96. The van der Waals surface area contributed by atoms with Gasteiger partial charge in [0.15, 0.2) is 0 Å². The van der Waals surface area contributed by atoms with E-state index in [1.807, 2.05) is 0 Å². The highest BCUT2D eigenvalue weighted by Crippen LogP contribution is 2.27. The number of hydrogen-bond donors (Lipinski definition) is 1. The highest BCUT2D eigenvalue weighted by atomic mass is 15.3. The van der Waals surface area contributed by atoms with E-state index in [2.05, 4.69) is 29.2 Å². The third-order valence-electron chi connectivity index (χ3n) is 4.84. The van der Waals surface area contributed by atoms with E-state index >= 15 is 0 Å².